The molecule has 0 spiro atoms. The first-order chi connectivity index (χ1) is 12.3. The number of fused-ring (bicyclic) bond motifs is 1. The number of pyridine rings is 1. The lowest BCUT2D eigenvalue weighted by molar-refractivity contribution is -0.113. The van der Waals surface area contributed by atoms with Gasteiger partial charge in [0.15, 0.2) is 5.13 Å². The van der Waals surface area contributed by atoms with Gasteiger partial charge < -0.3 is 10.3 Å². The molecule has 0 saturated carbocycles. The highest BCUT2D eigenvalue weighted by molar-refractivity contribution is 7.99. The molecule has 3 aromatic heterocycles. The van der Waals surface area contributed by atoms with Gasteiger partial charge in [-0.1, -0.05) is 23.9 Å². The number of nitrogens with one attached hydrogen (secondary N) is 2. The van der Waals surface area contributed by atoms with E-state index in [9.17, 15) is 4.79 Å². The molecule has 0 atom stereocenters. The van der Waals surface area contributed by atoms with Gasteiger partial charge in [-0.3, -0.25) is 4.79 Å². The number of benzene rings is 1. The number of carbonyl (C=O) groups excluding carboxylic acids is 1. The fraction of sp³-hybridized carbons (Fsp3) is 0.0588. The predicted octanol–water partition coefficient (Wildman–Crippen LogP) is 3.81. The summed E-state index contributed by atoms with van der Waals surface area (Å²) in [6.45, 7) is 0. The highest BCUT2D eigenvalue weighted by Gasteiger charge is 2.08. The van der Waals surface area contributed by atoms with Crippen molar-refractivity contribution in [3.8, 4) is 11.4 Å². The molecular weight excluding hydrogens is 354 g/mol. The van der Waals surface area contributed by atoms with Crippen molar-refractivity contribution in [2.45, 2.75) is 5.03 Å². The number of hydrogen-bond acceptors (Lipinski definition) is 6. The normalized spacial score (nSPS) is 10.9. The quantitative estimate of drug-likeness (QED) is 0.524. The Morgan fingerprint density at radius 1 is 1.20 bits per heavy atom. The first-order valence-electron chi connectivity index (χ1n) is 7.51. The molecule has 0 fully saturated rings. The molecular formula is C17H13N5OS2. The number of aromatic nitrogens is 4. The highest BCUT2D eigenvalue weighted by Crippen LogP contribution is 2.22. The second kappa shape index (κ2) is 7.04. The first-order valence-corrected chi connectivity index (χ1v) is 9.38. The Morgan fingerprint density at radius 2 is 2.12 bits per heavy atom. The van der Waals surface area contributed by atoms with Crippen LogP contribution < -0.4 is 5.32 Å². The van der Waals surface area contributed by atoms with E-state index in [2.05, 4.69) is 25.3 Å². The van der Waals surface area contributed by atoms with Crippen LogP contribution in [0.3, 0.4) is 0 Å². The zero-order valence-electron chi connectivity index (χ0n) is 13.0. The van der Waals surface area contributed by atoms with Crippen molar-refractivity contribution in [2.75, 3.05) is 11.1 Å². The van der Waals surface area contributed by atoms with Gasteiger partial charge in [-0.2, -0.15) is 0 Å². The van der Waals surface area contributed by atoms with Crippen molar-refractivity contribution in [3.05, 3.63) is 54.2 Å². The first kappa shape index (κ1) is 15.8. The maximum Gasteiger partial charge on any atom is 0.236 e. The van der Waals surface area contributed by atoms with Crippen LogP contribution in [0.1, 0.15) is 0 Å². The van der Waals surface area contributed by atoms with Crippen molar-refractivity contribution in [3.63, 3.8) is 0 Å². The fourth-order valence-corrected chi connectivity index (χ4v) is 3.46. The molecule has 6 nitrogen and oxygen atoms in total. The van der Waals surface area contributed by atoms with Crippen LogP contribution in [0, 0.1) is 0 Å². The minimum Gasteiger partial charge on any atom is -0.338 e. The van der Waals surface area contributed by atoms with Gasteiger partial charge in [0, 0.05) is 23.3 Å². The van der Waals surface area contributed by atoms with Gasteiger partial charge in [0.1, 0.15) is 5.82 Å². The minimum absolute atomic E-state index is 0.0943. The summed E-state index contributed by atoms with van der Waals surface area (Å²) in [5, 5.41) is 5.97. The van der Waals surface area contributed by atoms with Crippen LogP contribution in [-0.4, -0.2) is 31.6 Å². The summed E-state index contributed by atoms with van der Waals surface area (Å²) in [5.41, 5.74) is 2.83. The molecule has 0 aliphatic heterocycles. The maximum atomic E-state index is 11.9. The number of aromatic amines is 1. The molecule has 124 valence electrons. The van der Waals surface area contributed by atoms with E-state index in [-0.39, 0.29) is 11.7 Å². The minimum atomic E-state index is -0.0943. The number of hydrogen-bond donors (Lipinski definition) is 2. The van der Waals surface area contributed by atoms with Gasteiger partial charge in [-0.15, -0.1) is 11.3 Å². The summed E-state index contributed by atoms with van der Waals surface area (Å²) in [4.78, 5) is 28.1. The summed E-state index contributed by atoms with van der Waals surface area (Å²) in [7, 11) is 0. The molecule has 1 amide bonds. The Labute approximate surface area is 151 Å². The van der Waals surface area contributed by atoms with Gasteiger partial charge in [-0.05, 0) is 24.3 Å². The number of thiazole rings is 1. The second-order valence-electron chi connectivity index (χ2n) is 5.16. The topological polar surface area (TPSA) is 83.6 Å². The number of imidazole rings is 1. The predicted molar refractivity (Wildman–Crippen MR) is 101 cm³/mol. The third kappa shape index (κ3) is 3.70. The molecule has 3 heterocycles. The number of H-pyrrole nitrogens is 1. The molecule has 1 aromatic carbocycles. The lowest BCUT2D eigenvalue weighted by Gasteiger charge is -2.02. The average molecular weight is 367 g/mol. The van der Waals surface area contributed by atoms with E-state index in [0.29, 0.717) is 5.13 Å². The van der Waals surface area contributed by atoms with E-state index in [0.717, 1.165) is 27.4 Å². The molecule has 8 heteroatoms. The van der Waals surface area contributed by atoms with Crippen LogP contribution in [0.4, 0.5) is 5.13 Å². The SMILES string of the molecule is O=C(CSc1ccc(-c2nc3ccccc3[nH]2)cn1)Nc1nccs1. The summed E-state index contributed by atoms with van der Waals surface area (Å²) >= 11 is 2.78. The van der Waals surface area contributed by atoms with Crippen molar-refractivity contribution in [1.29, 1.82) is 0 Å². The van der Waals surface area contributed by atoms with Crippen molar-refractivity contribution in [1.82, 2.24) is 19.9 Å². The molecule has 0 aliphatic rings. The summed E-state index contributed by atoms with van der Waals surface area (Å²) in [6.07, 6.45) is 3.42. The molecule has 0 aliphatic carbocycles. The number of anilines is 1. The lowest BCUT2D eigenvalue weighted by Crippen LogP contribution is -2.13. The number of carbonyl (C=O) groups is 1. The molecule has 2 N–H and O–H groups in total. The van der Waals surface area contributed by atoms with Gasteiger partial charge in [0.25, 0.3) is 0 Å². The van der Waals surface area contributed by atoms with Gasteiger partial charge >= 0.3 is 0 Å². The number of rotatable bonds is 5. The van der Waals surface area contributed by atoms with Gasteiger partial charge in [-0.25, -0.2) is 15.0 Å². The van der Waals surface area contributed by atoms with E-state index >= 15 is 0 Å². The van der Waals surface area contributed by atoms with Crippen LogP contribution in [0.5, 0.6) is 0 Å². The van der Waals surface area contributed by atoms with E-state index in [4.69, 9.17) is 0 Å². The van der Waals surface area contributed by atoms with Gasteiger partial charge in [0.05, 0.1) is 21.8 Å². The van der Waals surface area contributed by atoms with Gasteiger partial charge in [0.2, 0.25) is 5.91 Å². The summed E-state index contributed by atoms with van der Waals surface area (Å²) in [5.74, 6) is 0.978. The van der Waals surface area contributed by atoms with Crippen LogP contribution >= 0.6 is 23.1 Å². The highest BCUT2D eigenvalue weighted by atomic mass is 32.2. The third-order valence-corrected chi connectivity index (χ3v) is 5.06. The van der Waals surface area contributed by atoms with Crippen LogP contribution in [0.15, 0.2) is 59.2 Å². The average Bonchev–Trinajstić information content (AvgIpc) is 3.29. The number of nitrogens with zero attached hydrogens (tertiary/aromatic N) is 3. The van der Waals surface area contributed by atoms with Crippen LogP contribution in [0.2, 0.25) is 0 Å². The van der Waals surface area contributed by atoms with E-state index in [1.807, 2.05) is 41.8 Å². The zero-order chi connectivity index (χ0) is 17.1. The standard InChI is InChI=1S/C17H13N5OS2/c23-14(22-17-18-7-8-24-17)10-25-15-6-5-11(9-19-15)16-20-12-3-1-2-4-13(12)21-16/h1-9H,10H2,(H,20,21)(H,18,22,23). The Hall–Kier alpha value is -2.71. The molecule has 4 rings (SSSR count). The number of para-hydroxylation sites is 2. The number of thioether (sulfide) groups is 1. The molecule has 25 heavy (non-hydrogen) atoms. The largest absolute Gasteiger partial charge is 0.338 e. The smallest absolute Gasteiger partial charge is 0.236 e. The third-order valence-electron chi connectivity index (χ3n) is 3.43. The van der Waals surface area contributed by atoms with Crippen molar-refractivity contribution in [2.24, 2.45) is 0 Å². The summed E-state index contributed by atoms with van der Waals surface area (Å²) in [6, 6.07) is 11.7. The van der Waals surface area contributed by atoms with E-state index in [1.54, 1.807) is 12.4 Å². The second-order valence-corrected chi connectivity index (χ2v) is 7.05. The molecule has 4 aromatic rings. The molecule has 0 saturated heterocycles. The van der Waals surface area contributed by atoms with Crippen molar-refractivity contribution < 1.29 is 4.79 Å². The Morgan fingerprint density at radius 3 is 2.88 bits per heavy atom. The van der Waals surface area contributed by atoms with Crippen LogP contribution in [-0.2, 0) is 4.79 Å². The zero-order valence-corrected chi connectivity index (χ0v) is 14.6. The van der Waals surface area contributed by atoms with Crippen molar-refractivity contribution >= 4 is 45.2 Å². The molecule has 0 unspecified atom stereocenters. The Bertz CT molecular complexity index is 963. The maximum absolute atomic E-state index is 11.9. The fourth-order valence-electron chi connectivity index (χ4n) is 2.28. The molecule has 0 bridgehead atoms. The number of amides is 1. The Kier molecular flexibility index (Phi) is 4.45. The monoisotopic (exact) mass is 367 g/mol. The Balaban J connectivity index is 1.40. The molecule has 0 radical (unpaired) electrons. The summed E-state index contributed by atoms with van der Waals surface area (Å²) < 4.78 is 0. The lowest BCUT2D eigenvalue weighted by atomic mass is 10.3. The van der Waals surface area contributed by atoms with E-state index < -0.39 is 0 Å². The van der Waals surface area contributed by atoms with Crippen LogP contribution in [0.25, 0.3) is 22.4 Å². The van der Waals surface area contributed by atoms with E-state index in [1.165, 1.54) is 23.1 Å².